The summed E-state index contributed by atoms with van der Waals surface area (Å²) in [5, 5.41) is 2.87. The Morgan fingerprint density at radius 3 is 2.04 bits per heavy atom. The van der Waals surface area contributed by atoms with Crippen molar-refractivity contribution in [3.8, 4) is 11.5 Å². The molecule has 128 valence electrons. The zero-order valence-corrected chi connectivity index (χ0v) is 13.8. The number of carbonyl (C=O) groups excluding carboxylic acids is 2. The minimum absolute atomic E-state index is 0.191. The van der Waals surface area contributed by atoms with Gasteiger partial charge in [0.1, 0.15) is 11.5 Å². The smallest absolute Gasteiger partial charge is 0.350 e. The van der Waals surface area contributed by atoms with Crippen molar-refractivity contribution < 1.29 is 23.8 Å². The van der Waals surface area contributed by atoms with Crippen LogP contribution in [0.3, 0.4) is 0 Å². The number of benzene rings is 2. The van der Waals surface area contributed by atoms with Crippen LogP contribution in [0.4, 0.5) is 5.69 Å². The Balaban J connectivity index is 1.66. The summed E-state index contributed by atoms with van der Waals surface area (Å²) in [5.41, 5.74) is 0.488. The third kappa shape index (κ3) is 4.17. The quantitative estimate of drug-likeness (QED) is 0.521. The van der Waals surface area contributed by atoms with Gasteiger partial charge in [-0.15, -0.1) is 0 Å². The molecule has 1 fully saturated rings. The topological polar surface area (TPSA) is 73.9 Å². The lowest BCUT2D eigenvalue weighted by atomic mass is 10.2. The van der Waals surface area contributed by atoms with E-state index >= 15 is 0 Å². The first kappa shape index (κ1) is 16.6. The average Bonchev–Trinajstić information content (AvgIpc) is 2.55. The van der Waals surface area contributed by atoms with E-state index in [0.29, 0.717) is 11.4 Å². The molecule has 0 unspecified atom stereocenters. The Labute approximate surface area is 145 Å². The summed E-state index contributed by atoms with van der Waals surface area (Å²) in [4.78, 5) is 23.7. The Bertz CT molecular complexity index is 787. The van der Waals surface area contributed by atoms with Crippen LogP contribution in [0.2, 0.25) is 0 Å². The lowest BCUT2D eigenvalue weighted by Gasteiger charge is -2.29. The van der Waals surface area contributed by atoms with Gasteiger partial charge >= 0.3 is 11.9 Å². The van der Waals surface area contributed by atoms with Crippen molar-refractivity contribution in [2.45, 2.75) is 19.6 Å². The fraction of sp³-hybridized carbons (Fsp3) is 0.158. The van der Waals surface area contributed by atoms with Crippen LogP contribution in [0, 0.1) is 0 Å². The van der Waals surface area contributed by atoms with E-state index in [0.717, 1.165) is 5.75 Å². The molecular weight excluding hydrogens is 322 g/mol. The molecular formula is C19H17NO5. The summed E-state index contributed by atoms with van der Waals surface area (Å²) in [5.74, 6) is -1.29. The van der Waals surface area contributed by atoms with Crippen molar-refractivity contribution in [2.24, 2.45) is 0 Å². The maximum atomic E-state index is 11.8. The Morgan fingerprint density at radius 2 is 1.44 bits per heavy atom. The van der Waals surface area contributed by atoms with Crippen LogP contribution in [0.15, 0.2) is 66.4 Å². The van der Waals surface area contributed by atoms with Crippen LogP contribution in [-0.4, -0.2) is 17.7 Å². The number of hydrogen-bond acceptors (Lipinski definition) is 6. The molecule has 0 radical (unpaired) electrons. The van der Waals surface area contributed by atoms with E-state index in [1.165, 1.54) is 20.0 Å². The predicted molar refractivity (Wildman–Crippen MR) is 90.9 cm³/mol. The Hall–Kier alpha value is -3.28. The fourth-order valence-electron chi connectivity index (χ4n) is 2.18. The van der Waals surface area contributed by atoms with Crippen LogP contribution < -0.4 is 10.1 Å². The molecule has 0 saturated carbocycles. The lowest BCUT2D eigenvalue weighted by molar-refractivity contribution is -0.222. The van der Waals surface area contributed by atoms with Gasteiger partial charge in [-0.05, 0) is 36.4 Å². The molecule has 1 aliphatic rings. The third-order valence-electron chi connectivity index (χ3n) is 3.33. The summed E-state index contributed by atoms with van der Waals surface area (Å²) < 4.78 is 15.7. The van der Waals surface area contributed by atoms with E-state index in [2.05, 4.69) is 5.32 Å². The number of hydrogen-bond donors (Lipinski definition) is 1. The predicted octanol–water partition coefficient (Wildman–Crippen LogP) is 3.61. The van der Waals surface area contributed by atoms with Crippen LogP contribution >= 0.6 is 0 Å². The van der Waals surface area contributed by atoms with Crippen LogP contribution in [0.5, 0.6) is 11.5 Å². The standard InChI is InChI=1S/C19H17NO5/c1-19(2)24-17(21)16(18(22)25-19)12-20-13-8-10-15(11-9-13)23-14-6-4-3-5-7-14/h3-12,20H,1-2H3. The zero-order chi connectivity index (χ0) is 17.9. The molecule has 0 amide bonds. The van der Waals surface area contributed by atoms with E-state index in [1.54, 1.807) is 24.3 Å². The van der Waals surface area contributed by atoms with Crippen molar-refractivity contribution in [1.29, 1.82) is 0 Å². The molecule has 0 aliphatic carbocycles. The number of rotatable bonds is 4. The summed E-state index contributed by atoms with van der Waals surface area (Å²) in [7, 11) is 0. The van der Waals surface area contributed by atoms with Gasteiger partial charge in [0, 0.05) is 25.7 Å². The highest BCUT2D eigenvalue weighted by Crippen LogP contribution is 2.24. The van der Waals surface area contributed by atoms with E-state index in [9.17, 15) is 9.59 Å². The summed E-state index contributed by atoms with van der Waals surface area (Å²) in [6.45, 7) is 3.00. The normalized spacial score (nSPS) is 15.8. The van der Waals surface area contributed by atoms with Crippen molar-refractivity contribution in [3.05, 3.63) is 66.4 Å². The van der Waals surface area contributed by atoms with Gasteiger partial charge in [0.2, 0.25) is 0 Å². The van der Waals surface area contributed by atoms with Gasteiger partial charge in [-0.1, -0.05) is 18.2 Å². The molecule has 0 atom stereocenters. The Kier molecular flexibility index (Phi) is 4.43. The number of nitrogens with one attached hydrogen (secondary N) is 1. The molecule has 6 nitrogen and oxygen atoms in total. The number of ether oxygens (including phenoxy) is 3. The molecule has 0 bridgehead atoms. The second kappa shape index (κ2) is 6.68. The molecule has 2 aromatic rings. The van der Waals surface area contributed by atoms with Crippen molar-refractivity contribution in [1.82, 2.24) is 0 Å². The van der Waals surface area contributed by atoms with Crippen molar-refractivity contribution >= 4 is 17.6 Å². The van der Waals surface area contributed by atoms with Gasteiger partial charge < -0.3 is 19.5 Å². The summed E-state index contributed by atoms with van der Waals surface area (Å²) in [6.07, 6.45) is 1.27. The molecule has 1 aliphatic heterocycles. The van der Waals surface area contributed by atoms with Crippen LogP contribution in [-0.2, 0) is 19.1 Å². The second-order valence-corrected chi connectivity index (χ2v) is 5.82. The van der Waals surface area contributed by atoms with Crippen LogP contribution in [0.1, 0.15) is 13.8 Å². The van der Waals surface area contributed by atoms with Crippen molar-refractivity contribution in [2.75, 3.05) is 5.32 Å². The van der Waals surface area contributed by atoms with Gasteiger partial charge in [0.25, 0.3) is 5.79 Å². The van der Waals surface area contributed by atoms with Gasteiger partial charge in [-0.2, -0.15) is 0 Å². The first-order chi connectivity index (χ1) is 11.9. The molecule has 1 heterocycles. The van der Waals surface area contributed by atoms with Gasteiger partial charge in [0.05, 0.1) is 0 Å². The minimum atomic E-state index is -1.25. The SMILES string of the molecule is CC1(C)OC(=O)C(=CNc2ccc(Oc3ccccc3)cc2)C(=O)O1. The third-order valence-corrected chi connectivity index (χ3v) is 3.33. The number of esters is 2. The highest BCUT2D eigenvalue weighted by atomic mass is 16.7. The number of para-hydroxylation sites is 1. The number of cyclic esters (lactones) is 2. The molecule has 2 aromatic carbocycles. The van der Waals surface area contributed by atoms with Crippen molar-refractivity contribution in [3.63, 3.8) is 0 Å². The minimum Gasteiger partial charge on any atom is -0.457 e. The highest BCUT2D eigenvalue weighted by Gasteiger charge is 2.38. The molecule has 1 saturated heterocycles. The highest BCUT2D eigenvalue weighted by molar-refractivity contribution is 6.15. The van der Waals surface area contributed by atoms with Gasteiger partial charge in [-0.3, -0.25) is 0 Å². The van der Waals surface area contributed by atoms with E-state index in [4.69, 9.17) is 14.2 Å². The maximum Gasteiger partial charge on any atom is 0.350 e. The number of anilines is 1. The molecule has 6 heteroatoms. The van der Waals surface area contributed by atoms with E-state index < -0.39 is 17.7 Å². The van der Waals surface area contributed by atoms with E-state index in [-0.39, 0.29) is 5.57 Å². The largest absolute Gasteiger partial charge is 0.457 e. The second-order valence-electron chi connectivity index (χ2n) is 5.82. The molecule has 3 rings (SSSR count). The Morgan fingerprint density at radius 1 is 0.880 bits per heavy atom. The number of carbonyl (C=O) groups is 2. The average molecular weight is 339 g/mol. The fourth-order valence-corrected chi connectivity index (χ4v) is 2.18. The molecule has 1 N–H and O–H groups in total. The summed E-state index contributed by atoms with van der Waals surface area (Å²) in [6, 6.07) is 16.5. The van der Waals surface area contributed by atoms with Crippen LogP contribution in [0.25, 0.3) is 0 Å². The zero-order valence-electron chi connectivity index (χ0n) is 13.8. The maximum absolute atomic E-state index is 11.8. The first-order valence-corrected chi connectivity index (χ1v) is 7.69. The van der Waals surface area contributed by atoms with Gasteiger partial charge in [0.15, 0.2) is 5.57 Å². The monoisotopic (exact) mass is 339 g/mol. The van der Waals surface area contributed by atoms with Gasteiger partial charge in [-0.25, -0.2) is 9.59 Å². The molecule has 0 aromatic heterocycles. The summed E-state index contributed by atoms with van der Waals surface area (Å²) >= 11 is 0. The molecule has 0 spiro atoms. The lowest BCUT2D eigenvalue weighted by Crippen LogP contribution is -2.42. The van der Waals surface area contributed by atoms with E-state index in [1.807, 2.05) is 30.3 Å². The first-order valence-electron chi connectivity index (χ1n) is 7.69. The molecule has 25 heavy (non-hydrogen) atoms.